The van der Waals surface area contributed by atoms with Gasteiger partial charge < -0.3 is 15.2 Å². The lowest BCUT2D eigenvalue weighted by atomic mass is 10.2. The number of aryl methyl sites for hydroxylation is 1. The summed E-state index contributed by atoms with van der Waals surface area (Å²) in [6, 6.07) is 4.34. The van der Waals surface area contributed by atoms with Crippen LogP contribution in [-0.2, 0) is 13.0 Å². The zero-order valence-corrected chi connectivity index (χ0v) is 11.2. The van der Waals surface area contributed by atoms with Crippen LogP contribution in [0.4, 0.5) is 10.3 Å². The van der Waals surface area contributed by atoms with Crippen molar-refractivity contribution in [2.75, 3.05) is 19.0 Å². The Bertz CT molecular complexity index is 559. The molecular weight excluding hydrogens is 263 g/mol. The van der Waals surface area contributed by atoms with Gasteiger partial charge in [-0.2, -0.15) is 4.98 Å². The van der Waals surface area contributed by atoms with E-state index in [-0.39, 0.29) is 12.4 Å². The Labute approximate surface area is 116 Å². The molecular formula is C13H17FN4O2. The number of halogens is 1. The first kappa shape index (κ1) is 14.3. The normalized spacial score (nSPS) is 10.6. The molecule has 7 heteroatoms. The summed E-state index contributed by atoms with van der Waals surface area (Å²) >= 11 is 0. The average molecular weight is 280 g/mol. The fourth-order valence-corrected chi connectivity index (χ4v) is 1.79. The lowest BCUT2D eigenvalue weighted by Gasteiger charge is -2.08. The standard InChI is InChI=1S/C13H17FN4O2/c1-20-11-5-4-10(14)7-9(11)8-15-13-16-12(17-18-13)3-2-6-19/h4-5,7,19H,2-3,6,8H2,1H3,(H2,15,16,17,18). The van der Waals surface area contributed by atoms with E-state index in [0.717, 1.165) is 0 Å². The lowest BCUT2D eigenvalue weighted by Crippen LogP contribution is -2.03. The van der Waals surface area contributed by atoms with Gasteiger partial charge in [-0.25, -0.2) is 4.39 Å². The SMILES string of the molecule is COc1ccc(F)cc1CNc1n[nH]c(CCCO)n1. The second-order valence-electron chi connectivity index (χ2n) is 4.24. The van der Waals surface area contributed by atoms with E-state index in [4.69, 9.17) is 9.84 Å². The van der Waals surface area contributed by atoms with Crippen LogP contribution in [-0.4, -0.2) is 34.0 Å². The van der Waals surface area contributed by atoms with E-state index in [9.17, 15) is 4.39 Å². The molecule has 1 aromatic heterocycles. The Hall–Kier alpha value is -2.15. The van der Waals surface area contributed by atoms with Crippen molar-refractivity contribution in [1.29, 1.82) is 0 Å². The van der Waals surface area contributed by atoms with Crippen LogP contribution >= 0.6 is 0 Å². The zero-order valence-electron chi connectivity index (χ0n) is 11.2. The molecule has 1 heterocycles. The molecule has 2 aromatic rings. The molecule has 108 valence electrons. The predicted octanol–water partition coefficient (Wildman–Crippen LogP) is 1.49. The molecule has 0 aliphatic heterocycles. The van der Waals surface area contributed by atoms with Crippen molar-refractivity contribution < 1.29 is 14.2 Å². The van der Waals surface area contributed by atoms with E-state index in [1.807, 2.05) is 0 Å². The summed E-state index contributed by atoms with van der Waals surface area (Å²) < 4.78 is 18.4. The van der Waals surface area contributed by atoms with Gasteiger partial charge in [0.1, 0.15) is 17.4 Å². The lowest BCUT2D eigenvalue weighted by molar-refractivity contribution is 0.287. The number of anilines is 1. The number of nitrogens with one attached hydrogen (secondary N) is 2. The summed E-state index contributed by atoms with van der Waals surface area (Å²) in [6.07, 6.45) is 1.26. The molecule has 6 nitrogen and oxygen atoms in total. The van der Waals surface area contributed by atoms with E-state index in [1.54, 1.807) is 6.07 Å². The summed E-state index contributed by atoms with van der Waals surface area (Å²) in [5, 5.41) is 18.5. The number of aliphatic hydroxyl groups excluding tert-OH is 1. The molecule has 0 aliphatic carbocycles. The number of rotatable bonds is 7. The van der Waals surface area contributed by atoms with Gasteiger partial charge in [0.2, 0.25) is 5.95 Å². The first-order chi connectivity index (χ1) is 9.72. The topological polar surface area (TPSA) is 83.1 Å². The van der Waals surface area contributed by atoms with Gasteiger partial charge in [0.25, 0.3) is 0 Å². The van der Waals surface area contributed by atoms with Crippen LogP contribution in [0.3, 0.4) is 0 Å². The summed E-state index contributed by atoms with van der Waals surface area (Å²) in [5.74, 6) is 1.42. The van der Waals surface area contributed by atoms with Gasteiger partial charge in [-0.1, -0.05) is 0 Å². The molecule has 1 aromatic carbocycles. The molecule has 0 spiro atoms. The second kappa shape index (κ2) is 6.85. The molecule has 0 unspecified atom stereocenters. The molecule has 3 N–H and O–H groups in total. The molecule has 0 fully saturated rings. The molecule has 0 atom stereocenters. The average Bonchev–Trinajstić information content (AvgIpc) is 2.91. The maximum Gasteiger partial charge on any atom is 0.242 e. The largest absolute Gasteiger partial charge is 0.496 e. The van der Waals surface area contributed by atoms with Gasteiger partial charge in [-0.05, 0) is 24.6 Å². The molecule has 0 bridgehead atoms. The highest BCUT2D eigenvalue weighted by Gasteiger charge is 2.07. The zero-order chi connectivity index (χ0) is 14.4. The molecule has 0 saturated heterocycles. The summed E-state index contributed by atoms with van der Waals surface area (Å²) in [4.78, 5) is 4.22. The van der Waals surface area contributed by atoms with Crippen LogP contribution in [0, 0.1) is 5.82 Å². The number of aromatic amines is 1. The summed E-state index contributed by atoms with van der Waals surface area (Å²) in [6.45, 7) is 0.474. The highest BCUT2D eigenvalue weighted by Crippen LogP contribution is 2.20. The third-order valence-corrected chi connectivity index (χ3v) is 2.78. The molecule has 0 aliphatic rings. The predicted molar refractivity (Wildman–Crippen MR) is 72.1 cm³/mol. The van der Waals surface area contributed by atoms with Crippen molar-refractivity contribution in [1.82, 2.24) is 15.2 Å². The Morgan fingerprint density at radius 2 is 2.30 bits per heavy atom. The van der Waals surface area contributed by atoms with Crippen molar-refractivity contribution in [2.45, 2.75) is 19.4 Å². The maximum atomic E-state index is 13.2. The number of hydrogen-bond donors (Lipinski definition) is 3. The number of benzene rings is 1. The van der Waals surface area contributed by atoms with Crippen molar-refractivity contribution in [3.05, 3.63) is 35.4 Å². The highest BCUT2D eigenvalue weighted by atomic mass is 19.1. The van der Waals surface area contributed by atoms with Crippen LogP contribution in [0.5, 0.6) is 5.75 Å². The maximum absolute atomic E-state index is 13.2. The number of ether oxygens (including phenoxy) is 1. The van der Waals surface area contributed by atoms with E-state index in [0.29, 0.717) is 42.5 Å². The van der Waals surface area contributed by atoms with Crippen LogP contribution in [0.25, 0.3) is 0 Å². The molecule has 0 saturated carbocycles. The summed E-state index contributed by atoms with van der Waals surface area (Å²) in [7, 11) is 1.54. The Kier molecular flexibility index (Phi) is 4.89. The summed E-state index contributed by atoms with van der Waals surface area (Å²) in [5.41, 5.74) is 0.689. The highest BCUT2D eigenvalue weighted by molar-refractivity contribution is 5.37. The minimum absolute atomic E-state index is 0.115. The monoisotopic (exact) mass is 280 g/mol. The van der Waals surface area contributed by atoms with Crippen molar-refractivity contribution in [3.63, 3.8) is 0 Å². The second-order valence-corrected chi connectivity index (χ2v) is 4.24. The number of H-pyrrole nitrogens is 1. The van der Waals surface area contributed by atoms with Gasteiger partial charge >= 0.3 is 0 Å². The van der Waals surface area contributed by atoms with Crippen LogP contribution in [0.1, 0.15) is 17.8 Å². The van der Waals surface area contributed by atoms with Crippen molar-refractivity contribution in [3.8, 4) is 5.75 Å². The van der Waals surface area contributed by atoms with Gasteiger partial charge in [0.05, 0.1) is 7.11 Å². The van der Waals surface area contributed by atoms with E-state index in [2.05, 4.69) is 20.5 Å². The first-order valence-electron chi connectivity index (χ1n) is 6.31. The number of methoxy groups -OCH3 is 1. The van der Waals surface area contributed by atoms with Crippen LogP contribution < -0.4 is 10.1 Å². The molecule has 0 radical (unpaired) electrons. The third-order valence-electron chi connectivity index (χ3n) is 2.78. The first-order valence-corrected chi connectivity index (χ1v) is 6.31. The minimum Gasteiger partial charge on any atom is -0.496 e. The Balaban J connectivity index is 1.98. The molecule has 0 amide bonds. The number of aliphatic hydroxyl groups is 1. The fourth-order valence-electron chi connectivity index (χ4n) is 1.79. The fraction of sp³-hybridized carbons (Fsp3) is 0.385. The third kappa shape index (κ3) is 3.67. The van der Waals surface area contributed by atoms with E-state index < -0.39 is 0 Å². The van der Waals surface area contributed by atoms with Gasteiger partial charge in [0.15, 0.2) is 0 Å². The Morgan fingerprint density at radius 1 is 1.45 bits per heavy atom. The quantitative estimate of drug-likeness (QED) is 0.715. The van der Waals surface area contributed by atoms with Gasteiger partial charge in [0, 0.05) is 25.1 Å². The molecule has 2 rings (SSSR count). The van der Waals surface area contributed by atoms with Gasteiger partial charge in [-0.3, -0.25) is 5.10 Å². The number of aromatic nitrogens is 3. The van der Waals surface area contributed by atoms with Gasteiger partial charge in [-0.15, -0.1) is 5.10 Å². The number of hydrogen-bond acceptors (Lipinski definition) is 5. The van der Waals surface area contributed by atoms with Crippen LogP contribution in [0.15, 0.2) is 18.2 Å². The Morgan fingerprint density at radius 3 is 3.05 bits per heavy atom. The van der Waals surface area contributed by atoms with E-state index >= 15 is 0 Å². The van der Waals surface area contributed by atoms with Crippen molar-refractivity contribution >= 4 is 5.95 Å². The molecule has 20 heavy (non-hydrogen) atoms. The smallest absolute Gasteiger partial charge is 0.242 e. The van der Waals surface area contributed by atoms with E-state index in [1.165, 1.54) is 19.2 Å². The van der Waals surface area contributed by atoms with Crippen LogP contribution in [0.2, 0.25) is 0 Å². The number of nitrogens with zero attached hydrogens (tertiary/aromatic N) is 2. The van der Waals surface area contributed by atoms with Crippen molar-refractivity contribution in [2.24, 2.45) is 0 Å². The minimum atomic E-state index is -0.318.